The van der Waals surface area contributed by atoms with Crippen LogP contribution in [0.4, 0.5) is 5.00 Å². The van der Waals surface area contributed by atoms with Crippen LogP contribution in [0, 0.1) is 12.3 Å². The van der Waals surface area contributed by atoms with Gasteiger partial charge in [-0.3, -0.25) is 19.3 Å². The predicted molar refractivity (Wildman–Crippen MR) is 160 cm³/mol. The molecule has 6 rings (SSSR count). The van der Waals surface area contributed by atoms with E-state index in [1.54, 1.807) is 23.1 Å². The first-order valence-electron chi connectivity index (χ1n) is 14.9. The fourth-order valence-electron chi connectivity index (χ4n) is 6.51. The molecule has 0 aliphatic carbocycles. The largest absolute Gasteiger partial charge is 0.496 e. The van der Waals surface area contributed by atoms with Crippen LogP contribution in [-0.4, -0.2) is 73.5 Å². The predicted octanol–water partition coefficient (Wildman–Crippen LogP) is 5.21. The molecule has 0 radical (unpaired) electrons. The zero-order valence-corrected chi connectivity index (χ0v) is 25.6. The summed E-state index contributed by atoms with van der Waals surface area (Å²) in [6, 6.07) is 7.69. The van der Waals surface area contributed by atoms with Crippen LogP contribution in [0.25, 0.3) is 10.8 Å². The molecular weight excluding hydrogens is 570 g/mol. The number of fused-ring (bicyclic) bond motifs is 1. The van der Waals surface area contributed by atoms with E-state index in [0.717, 1.165) is 28.8 Å². The summed E-state index contributed by atoms with van der Waals surface area (Å²) in [5.74, 6) is 0.683. The van der Waals surface area contributed by atoms with Crippen molar-refractivity contribution in [3.05, 3.63) is 53.4 Å². The lowest BCUT2D eigenvalue weighted by molar-refractivity contribution is -0.137. The Balaban J connectivity index is 1.44. The van der Waals surface area contributed by atoms with Crippen molar-refractivity contribution in [1.82, 2.24) is 9.88 Å². The number of carbonyl (C=O) groups excluding carboxylic acids is 3. The molecule has 43 heavy (non-hydrogen) atoms. The van der Waals surface area contributed by atoms with Crippen LogP contribution in [0.2, 0.25) is 0 Å². The summed E-state index contributed by atoms with van der Waals surface area (Å²) < 4.78 is 23.7. The first kappa shape index (κ1) is 29.5. The Morgan fingerprint density at radius 3 is 2.60 bits per heavy atom. The first-order valence-corrected chi connectivity index (χ1v) is 15.7. The van der Waals surface area contributed by atoms with Gasteiger partial charge in [-0.05, 0) is 44.2 Å². The molecule has 5 heterocycles. The Morgan fingerprint density at radius 1 is 1.19 bits per heavy atom. The van der Waals surface area contributed by atoms with E-state index in [0.29, 0.717) is 54.9 Å². The van der Waals surface area contributed by atoms with Crippen molar-refractivity contribution < 1.29 is 33.0 Å². The number of nitrogens with zero attached hydrogens (tertiary/aromatic N) is 3. The molecule has 0 N–H and O–H groups in total. The Labute approximate surface area is 254 Å². The Morgan fingerprint density at radius 2 is 1.93 bits per heavy atom. The van der Waals surface area contributed by atoms with Crippen LogP contribution in [0.1, 0.15) is 66.6 Å². The maximum atomic E-state index is 14.7. The second-order valence-corrected chi connectivity index (χ2v) is 12.3. The molecule has 0 unspecified atom stereocenters. The number of carbonyl (C=O) groups is 3. The number of anilines is 1. The molecule has 2 fully saturated rings. The third-order valence-electron chi connectivity index (χ3n) is 8.95. The molecule has 0 bridgehead atoms. The maximum Gasteiger partial charge on any atom is 0.241 e. The van der Waals surface area contributed by atoms with E-state index in [1.807, 2.05) is 38.1 Å². The molecule has 2 amide bonds. The van der Waals surface area contributed by atoms with E-state index in [-0.39, 0.29) is 43.1 Å². The molecule has 3 aliphatic rings. The normalized spacial score (nSPS) is 19.5. The molecule has 228 valence electrons. The van der Waals surface area contributed by atoms with Gasteiger partial charge < -0.3 is 23.5 Å². The molecule has 1 atom stereocenters. The summed E-state index contributed by atoms with van der Waals surface area (Å²) in [6.07, 6.45) is 4.94. The summed E-state index contributed by atoms with van der Waals surface area (Å²) in [7, 11) is 1.62. The maximum absolute atomic E-state index is 14.7. The highest BCUT2D eigenvalue weighted by Crippen LogP contribution is 2.52. The van der Waals surface area contributed by atoms with Crippen molar-refractivity contribution in [2.24, 2.45) is 5.41 Å². The number of benzene rings is 1. The minimum absolute atomic E-state index is 0.0297. The molecule has 2 saturated heterocycles. The number of piperidine rings is 1. The van der Waals surface area contributed by atoms with Crippen molar-refractivity contribution in [2.45, 2.75) is 58.2 Å². The number of ether oxygens (including phenoxy) is 3. The van der Waals surface area contributed by atoms with Gasteiger partial charge in [0, 0.05) is 38.3 Å². The van der Waals surface area contributed by atoms with E-state index in [9.17, 15) is 14.4 Å². The Bertz CT molecular complexity index is 1490. The highest BCUT2D eigenvalue weighted by Gasteiger charge is 2.56. The Kier molecular flexibility index (Phi) is 8.39. The number of oxazole rings is 1. The quantitative estimate of drug-likeness (QED) is 0.321. The number of likely N-dealkylation sites (tertiary alicyclic amines) is 1. The molecule has 11 heteroatoms. The van der Waals surface area contributed by atoms with E-state index in [4.69, 9.17) is 18.6 Å². The number of ketones is 1. The number of thiophene rings is 1. The van der Waals surface area contributed by atoms with Crippen LogP contribution in [0.3, 0.4) is 0 Å². The number of amides is 2. The van der Waals surface area contributed by atoms with E-state index in [1.165, 1.54) is 17.6 Å². The van der Waals surface area contributed by atoms with Gasteiger partial charge in [0.25, 0.3) is 0 Å². The van der Waals surface area contributed by atoms with Gasteiger partial charge in [0.05, 0.1) is 36.4 Å². The standard InChI is InChI=1S/C32H37N3O7S/c1-4-25(36)34-14-11-32(12-15-34)28(37)26-20(2)27(29-33-13-18-41-29)43-30(26)35(31(32)38)19-24(42-21-9-16-40-17-10-21)22-7-5-6-8-23(22)39-3/h5-8,13,18,21,24H,4,9-12,14-17,19H2,1-3H3/t24-/m0/s1. The molecule has 0 saturated carbocycles. The molecule has 3 aromatic rings. The van der Waals surface area contributed by atoms with Crippen LogP contribution in [0.5, 0.6) is 5.75 Å². The van der Waals surface area contributed by atoms with E-state index < -0.39 is 11.5 Å². The van der Waals surface area contributed by atoms with Crippen LogP contribution < -0.4 is 9.64 Å². The molecule has 1 spiro atoms. The van der Waals surface area contributed by atoms with Crippen molar-refractivity contribution in [1.29, 1.82) is 0 Å². The van der Waals surface area contributed by atoms with Gasteiger partial charge in [0.2, 0.25) is 17.7 Å². The van der Waals surface area contributed by atoms with Gasteiger partial charge in [-0.15, -0.1) is 11.3 Å². The molecule has 2 aromatic heterocycles. The van der Waals surface area contributed by atoms with Crippen molar-refractivity contribution in [2.75, 3.05) is 44.9 Å². The molecular formula is C32H37N3O7S. The Hall–Kier alpha value is -3.54. The smallest absolute Gasteiger partial charge is 0.241 e. The molecule has 1 aromatic carbocycles. The third kappa shape index (κ3) is 5.27. The fourth-order valence-corrected chi connectivity index (χ4v) is 7.76. The van der Waals surface area contributed by atoms with Crippen molar-refractivity contribution in [3.63, 3.8) is 0 Å². The number of para-hydroxylation sites is 1. The zero-order valence-electron chi connectivity index (χ0n) is 24.8. The average Bonchev–Trinajstić information content (AvgIpc) is 3.70. The fraction of sp³-hybridized carbons (Fsp3) is 0.500. The number of rotatable bonds is 8. The highest BCUT2D eigenvalue weighted by atomic mass is 32.1. The monoisotopic (exact) mass is 607 g/mol. The van der Waals surface area contributed by atoms with Crippen LogP contribution in [0.15, 0.2) is 41.1 Å². The third-order valence-corrected chi connectivity index (χ3v) is 10.3. The number of Topliss-reactive ketones (excluding diaryl/α,β-unsaturated/α-hetero) is 1. The van der Waals surface area contributed by atoms with Gasteiger partial charge in [-0.1, -0.05) is 25.1 Å². The lowest BCUT2D eigenvalue weighted by atomic mass is 9.69. The summed E-state index contributed by atoms with van der Waals surface area (Å²) >= 11 is 1.34. The zero-order chi connectivity index (χ0) is 30.1. The minimum atomic E-state index is -1.26. The summed E-state index contributed by atoms with van der Waals surface area (Å²) in [5, 5.41) is 0.578. The van der Waals surface area contributed by atoms with Gasteiger partial charge in [0.15, 0.2) is 5.78 Å². The number of methoxy groups -OCH3 is 1. The lowest BCUT2D eigenvalue weighted by Gasteiger charge is -2.45. The lowest BCUT2D eigenvalue weighted by Crippen LogP contribution is -2.58. The van der Waals surface area contributed by atoms with Crippen molar-refractivity contribution >= 4 is 33.9 Å². The van der Waals surface area contributed by atoms with Crippen LogP contribution in [-0.2, 0) is 19.1 Å². The van der Waals surface area contributed by atoms with Crippen molar-refractivity contribution in [3.8, 4) is 16.5 Å². The summed E-state index contributed by atoms with van der Waals surface area (Å²) in [6.45, 7) is 5.86. The highest BCUT2D eigenvalue weighted by molar-refractivity contribution is 7.20. The second kappa shape index (κ2) is 12.2. The average molecular weight is 608 g/mol. The van der Waals surface area contributed by atoms with Gasteiger partial charge >= 0.3 is 0 Å². The van der Waals surface area contributed by atoms with E-state index >= 15 is 0 Å². The van der Waals surface area contributed by atoms with Gasteiger partial charge in [-0.2, -0.15) is 0 Å². The summed E-state index contributed by atoms with van der Waals surface area (Å²) in [4.78, 5) is 50.2. The SMILES string of the molecule is CCC(=O)N1CCC2(CC1)C(=O)c1c(sc(-c3ncco3)c1C)N(C[C@H](OC1CCOCC1)c1ccccc1OC)C2=O. The minimum Gasteiger partial charge on any atom is -0.496 e. The number of hydrogen-bond donors (Lipinski definition) is 0. The van der Waals surface area contributed by atoms with Crippen LogP contribution >= 0.6 is 11.3 Å². The number of hydrogen-bond acceptors (Lipinski definition) is 9. The van der Waals surface area contributed by atoms with E-state index in [2.05, 4.69) is 4.98 Å². The van der Waals surface area contributed by atoms with Gasteiger partial charge in [-0.25, -0.2) is 4.98 Å². The summed E-state index contributed by atoms with van der Waals surface area (Å²) in [5.41, 5.74) is 0.844. The topological polar surface area (TPSA) is 111 Å². The second-order valence-electron chi connectivity index (χ2n) is 11.3. The molecule has 3 aliphatic heterocycles. The first-order chi connectivity index (χ1) is 20.9. The molecule has 10 nitrogen and oxygen atoms in total. The van der Waals surface area contributed by atoms with Gasteiger partial charge in [0.1, 0.15) is 28.5 Å². The number of aromatic nitrogens is 1.